The summed E-state index contributed by atoms with van der Waals surface area (Å²) in [7, 11) is 0. The third kappa shape index (κ3) is 4.40. The van der Waals surface area contributed by atoms with Crippen LogP contribution < -0.4 is 0 Å². The number of ether oxygens (including phenoxy) is 1. The monoisotopic (exact) mass is 372 g/mol. The molecule has 0 aliphatic carbocycles. The van der Waals surface area contributed by atoms with Gasteiger partial charge in [-0.05, 0) is 12.5 Å². The van der Waals surface area contributed by atoms with Crippen molar-refractivity contribution in [3.8, 4) is 0 Å². The van der Waals surface area contributed by atoms with E-state index in [1.807, 2.05) is 25.1 Å². The second-order valence-electron chi connectivity index (χ2n) is 3.55. The molecule has 0 saturated heterocycles. The fourth-order valence-electron chi connectivity index (χ4n) is 1.38. The Kier molecular flexibility index (Phi) is 7.04. The van der Waals surface area contributed by atoms with E-state index in [1.165, 1.54) is 0 Å². The molecule has 1 nitrogen and oxygen atoms in total. The first-order chi connectivity index (χ1) is 7.69. The van der Waals surface area contributed by atoms with E-state index in [1.54, 1.807) is 0 Å². The number of benzene rings is 1. The van der Waals surface area contributed by atoms with Crippen LogP contribution >= 0.6 is 45.8 Å². The fourth-order valence-corrected chi connectivity index (χ4v) is 2.59. The van der Waals surface area contributed by atoms with Crippen LogP contribution in [0.4, 0.5) is 0 Å². The summed E-state index contributed by atoms with van der Waals surface area (Å²) in [5, 5.41) is 0. The van der Waals surface area contributed by atoms with Crippen LogP contribution in [0.15, 0.2) is 30.3 Å². The topological polar surface area (TPSA) is 9.23 Å². The van der Waals surface area contributed by atoms with E-state index in [4.69, 9.17) is 27.9 Å². The summed E-state index contributed by atoms with van der Waals surface area (Å²) in [5.41, 5.74) is 1.16. The molecule has 0 N–H and O–H groups in total. The fraction of sp³-hybridized carbons (Fsp3) is 0.500. The SMILES string of the molecule is CC(OC(CCl)C(I)CCl)c1ccccc1. The Balaban J connectivity index is 2.59. The molecule has 0 aliphatic heterocycles. The molecule has 90 valence electrons. The number of hydrogen-bond acceptors (Lipinski definition) is 1. The van der Waals surface area contributed by atoms with Crippen LogP contribution in [0.1, 0.15) is 18.6 Å². The first kappa shape index (κ1) is 14.6. The Bertz CT molecular complexity index is 294. The second-order valence-corrected chi connectivity index (χ2v) is 5.77. The minimum absolute atomic E-state index is 0.00465. The van der Waals surface area contributed by atoms with Crippen molar-refractivity contribution in [3.05, 3.63) is 35.9 Å². The molecule has 16 heavy (non-hydrogen) atoms. The summed E-state index contributed by atoms with van der Waals surface area (Å²) >= 11 is 14.0. The van der Waals surface area contributed by atoms with E-state index in [0.717, 1.165) is 5.56 Å². The summed E-state index contributed by atoms with van der Waals surface area (Å²) in [6.45, 7) is 2.03. The van der Waals surface area contributed by atoms with Gasteiger partial charge >= 0.3 is 0 Å². The van der Waals surface area contributed by atoms with E-state index < -0.39 is 0 Å². The zero-order valence-corrected chi connectivity index (χ0v) is 12.7. The normalized spacial score (nSPS) is 16.8. The van der Waals surface area contributed by atoms with Gasteiger partial charge in [-0.15, -0.1) is 23.2 Å². The molecular formula is C12H15Cl2IO. The summed E-state index contributed by atoms with van der Waals surface area (Å²) in [6.07, 6.45) is 0.0420. The lowest BCUT2D eigenvalue weighted by Gasteiger charge is -2.24. The Morgan fingerprint density at radius 3 is 2.31 bits per heavy atom. The van der Waals surface area contributed by atoms with Gasteiger partial charge in [-0.2, -0.15) is 0 Å². The molecule has 0 aromatic heterocycles. The molecule has 0 fully saturated rings. The lowest BCUT2D eigenvalue weighted by molar-refractivity contribution is 0.0132. The molecule has 1 aromatic rings. The standard InChI is InChI=1S/C12H15Cl2IO/c1-9(10-5-3-2-4-6-10)16-12(8-14)11(15)7-13/h2-6,9,11-12H,7-8H2,1H3. The molecule has 0 heterocycles. The number of halogens is 3. The van der Waals surface area contributed by atoms with Gasteiger partial charge in [0.1, 0.15) is 0 Å². The summed E-state index contributed by atoms with van der Waals surface area (Å²) in [4.78, 5) is 0. The molecule has 0 aliphatic rings. The van der Waals surface area contributed by atoms with E-state index in [9.17, 15) is 0 Å². The highest BCUT2D eigenvalue weighted by atomic mass is 127. The smallest absolute Gasteiger partial charge is 0.0847 e. The maximum atomic E-state index is 5.91. The maximum absolute atomic E-state index is 5.91. The molecule has 3 atom stereocenters. The van der Waals surface area contributed by atoms with Crippen molar-refractivity contribution < 1.29 is 4.74 Å². The highest BCUT2D eigenvalue weighted by Crippen LogP contribution is 2.23. The van der Waals surface area contributed by atoms with E-state index >= 15 is 0 Å². The predicted octanol–water partition coefficient (Wildman–Crippen LogP) is 4.41. The molecule has 1 rings (SSSR count). The molecule has 3 unspecified atom stereocenters. The largest absolute Gasteiger partial charge is 0.368 e. The Labute approximate surface area is 121 Å². The lowest BCUT2D eigenvalue weighted by Crippen LogP contribution is -2.28. The molecule has 0 spiro atoms. The maximum Gasteiger partial charge on any atom is 0.0847 e. The van der Waals surface area contributed by atoms with Gasteiger partial charge in [-0.1, -0.05) is 52.9 Å². The Morgan fingerprint density at radius 1 is 1.19 bits per heavy atom. The minimum atomic E-state index is -0.00465. The van der Waals surface area contributed by atoms with E-state index in [0.29, 0.717) is 11.8 Å². The van der Waals surface area contributed by atoms with Gasteiger partial charge in [-0.25, -0.2) is 0 Å². The predicted molar refractivity (Wildman–Crippen MR) is 79.0 cm³/mol. The van der Waals surface area contributed by atoms with Crippen molar-refractivity contribution in [3.63, 3.8) is 0 Å². The van der Waals surface area contributed by atoms with Crippen molar-refractivity contribution in [2.45, 2.75) is 23.1 Å². The van der Waals surface area contributed by atoms with Crippen molar-refractivity contribution in [1.29, 1.82) is 0 Å². The Morgan fingerprint density at radius 2 is 1.81 bits per heavy atom. The minimum Gasteiger partial charge on any atom is -0.368 e. The van der Waals surface area contributed by atoms with Crippen molar-refractivity contribution in [2.75, 3.05) is 11.8 Å². The van der Waals surface area contributed by atoms with E-state index in [-0.39, 0.29) is 16.1 Å². The molecule has 4 heteroatoms. The van der Waals surface area contributed by atoms with Crippen LogP contribution in [0, 0.1) is 0 Å². The highest BCUT2D eigenvalue weighted by molar-refractivity contribution is 14.1. The van der Waals surface area contributed by atoms with Gasteiger partial charge in [0.15, 0.2) is 0 Å². The quantitative estimate of drug-likeness (QED) is 0.530. The second kappa shape index (κ2) is 7.75. The molecule has 0 saturated carbocycles. The van der Waals surface area contributed by atoms with Crippen LogP contribution in [0.5, 0.6) is 0 Å². The van der Waals surface area contributed by atoms with Gasteiger partial charge in [0, 0.05) is 11.8 Å². The summed E-state index contributed by atoms with van der Waals surface area (Å²) in [6, 6.07) is 10.1. The average Bonchev–Trinajstić information content (AvgIpc) is 2.35. The lowest BCUT2D eigenvalue weighted by atomic mass is 10.1. The van der Waals surface area contributed by atoms with Gasteiger partial charge < -0.3 is 4.74 Å². The molecule has 0 radical (unpaired) electrons. The van der Waals surface area contributed by atoms with Crippen LogP contribution in [-0.4, -0.2) is 21.8 Å². The first-order valence-corrected chi connectivity index (χ1v) is 7.47. The molecule has 0 amide bonds. The van der Waals surface area contributed by atoms with Crippen LogP contribution in [0.3, 0.4) is 0 Å². The summed E-state index contributed by atoms with van der Waals surface area (Å²) in [5.74, 6) is 1.02. The van der Waals surface area contributed by atoms with Gasteiger partial charge in [0.25, 0.3) is 0 Å². The first-order valence-electron chi connectivity index (χ1n) is 5.15. The molecule has 0 bridgehead atoms. The zero-order valence-electron chi connectivity index (χ0n) is 9.08. The number of alkyl halides is 3. The molecular weight excluding hydrogens is 358 g/mol. The summed E-state index contributed by atoms with van der Waals surface area (Å²) < 4.78 is 6.15. The van der Waals surface area contributed by atoms with Gasteiger partial charge in [0.05, 0.1) is 16.1 Å². The molecule has 1 aromatic carbocycles. The van der Waals surface area contributed by atoms with Gasteiger partial charge in [-0.3, -0.25) is 0 Å². The number of hydrogen-bond donors (Lipinski definition) is 0. The van der Waals surface area contributed by atoms with Crippen molar-refractivity contribution in [1.82, 2.24) is 0 Å². The van der Waals surface area contributed by atoms with Crippen LogP contribution in [0.25, 0.3) is 0 Å². The average molecular weight is 373 g/mol. The third-order valence-electron chi connectivity index (χ3n) is 2.35. The van der Waals surface area contributed by atoms with Crippen molar-refractivity contribution in [2.24, 2.45) is 0 Å². The van der Waals surface area contributed by atoms with Gasteiger partial charge in [0.2, 0.25) is 0 Å². The van der Waals surface area contributed by atoms with Crippen LogP contribution in [-0.2, 0) is 4.74 Å². The third-order valence-corrected chi connectivity index (χ3v) is 4.75. The highest BCUT2D eigenvalue weighted by Gasteiger charge is 2.20. The van der Waals surface area contributed by atoms with Crippen molar-refractivity contribution >= 4 is 45.8 Å². The zero-order chi connectivity index (χ0) is 12.0. The number of rotatable bonds is 6. The Hall–Kier alpha value is 0.490. The van der Waals surface area contributed by atoms with E-state index in [2.05, 4.69) is 34.7 Å². The van der Waals surface area contributed by atoms with Crippen LogP contribution in [0.2, 0.25) is 0 Å².